The van der Waals surface area contributed by atoms with Gasteiger partial charge in [-0.05, 0) is 37.5 Å². The first-order valence-electron chi connectivity index (χ1n) is 11.3. The number of aromatic nitrogens is 2. The summed E-state index contributed by atoms with van der Waals surface area (Å²) in [6.07, 6.45) is 3.13. The molecule has 1 aromatic heterocycles. The summed E-state index contributed by atoms with van der Waals surface area (Å²) >= 11 is 7.60. The second kappa shape index (κ2) is 9.23. The van der Waals surface area contributed by atoms with Crippen molar-refractivity contribution in [3.8, 4) is 0 Å². The number of amides is 2. The van der Waals surface area contributed by atoms with E-state index in [9.17, 15) is 9.59 Å². The molecule has 0 N–H and O–H groups in total. The summed E-state index contributed by atoms with van der Waals surface area (Å²) in [5.41, 5.74) is 1.12. The maximum absolute atomic E-state index is 13.1. The number of piperidine rings is 1. The minimum absolute atomic E-state index is 0.0662. The second-order valence-corrected chi connectivity index (χ2v) is 9.94. The average molecular weight is 475 g/mol. The van der Waals surface area contributed by atoms with Gasteiger partial charge in [0.05, 0.1) is 0 Å². The van der Waals surface area contributed by atoms with Crippen molar-refractivity contribution < 1.29 is 9.59 Å². The van der Waals surface area contributed by atoms with Gasteiger partial charge in [0.2, 0.25) is 22.1 Å². The van der Waals surface area contributed by atoms with E-state index in [-0.39, 0.29) is 17.7 Å². The molecule has 4 heterocycles. The molecule has 0 saturated carbocycles. The molecule has 0 unspecified atom stereocenters. The standard InChI is InChI=1S/C22H27ClN6O2S/c23-17-3-1-4-18(15-17)26-11-13-27(14-12-26)20(31)16-6-9-28(10-7-16)21-24-25-22(32-21)29-8-2-5-19(29)30/h1,3-4,15-16H,2,5-14H2. The predicted molar refractivity (Wildman–Crippen MR) is 127 cm³/mol. The van der Waals surface area contributed by atoms with Crippen LogP contribution in [0.25, 0.3) is 0 Å². The van der Waals surface area contributed by atoms with Crippen LogP contribution in [0.1, 0.15) is 25.7 Å². The lowest BCUT2D eigenvalue weighted by molar-refractivity contribution is -0.136. The van der Waals surface area contributed by atoms with Crippen LogP contribution in [0, 0.1) is 5.92 Å². The maximum Gasteiger partial charge on any atom is 0.228 e. The zero-order valence-corrected chi connectivity index (χ0v) is 19.5. The van der Waals surface area contributed by atoms with Crippen LogP contribution in [0.2, 0.25) is 5.02 Å². The predicted octanol–water partition coefficient (Wildman–Crippen LogP) is 2.88. The third kappa shape index (κ3) is 4.41. The Hall–Kier alpha value is -2.39. The van der Waals surface area contributed by atoms with Crippen molar-refractivity contribution in [1.82, 2.24) is 15.1 Å². The van der Waals surface area contributed by atoms with Gasteiger partial charge < -0.3 is 14.7 Å². The fourth-order valence-corrected chi connectivity index (χ4v) is 5.86. The quantitative estimate of drug-likeness (QED) is 0.678. The molecule has 2 aromatic rings. The summed E-state index contributed by atoms with van der Waals surface area (Å²) in [7, 11) is 0. The van der Waals surface area contributed by atoms with Crippen molar-refractivity contribution in [1.29, 1.82) is 0 Å². The van der Waals surface area contributed by atoms with Gasteiger partial charge in [-0.25, -0.2) is 0 Å². The molecule has 3 fully saturated rings. The Labute approximate surface area is 196 Å². The Bertz CT molecular complexity index is 984. The molecular weight excluding hydrogens is 448 g/mol. The van der Waals surface area contributed by atoms with Crippen molar-refractivity contribution in [3.63, 3.8) is 0 Å². The summed E-state index contributed by atoms with van der Waals surface area (Å²) in [5.74, 6) is 0.472. The number of piperazine rings is 1. The van der Waals surface area contributed by atoms with Crippen LogP contribution >= 0.6 is 22.9 Å². The summed E-state index contributed by atoms with van der Waals surface area (Å²) in [4.78, 5) is 33.3. The van der Waals surface area contributed by atoms with Gasteiger partial charge in [-0.15, -0.1) is 10.2 Å². The number of halogens is 1. The van der Waals surface area contributed by atoms with Gasteiger partial charge in [0.1, 0.15) is 0 Å². The lowest BCUT2D eigenvalue weighted by atomic mass is 9.95. The van der Waals surface area contributed by atoms with Crippen LogP contribution in [0.15, 0.2) is 24.3 Å². The fourth-order valence-electron chi connectivity index (χ4n) is 4.73. The van der Waals surface area contributed by atoms with Crippen molar-refractivity contribution in [2.45, 2.75) is 25.7 Å². The van der Waals surface area contributed by atoms with Gasteiger partial charge in [0.15, 0.2) is 0 Å². The fraction of sp³-hybridized carbons (Fsp3) is 0.545. The molecule has 8 nitrogen and oxygen atoms in total. The van der Waals surface area contributed by atoms with E-state index in [1.165, 1.54) is 11.3 Å². The van der Waals surface area contributed by atoms with Crippen LogP contribution in [0.3, 0.4) is 0 Å². The first-order chi connectivity index (χ1) is 15.6. The third-order valence-electron chi connectivity index (χ3n) is 6.59. The SMILES string of the molecule is O=C(C1CCN(c2nnc(N3CCCC3=O)s2)CC1)N1CCN(c2cccc(Cl)c2)CC1. The molecule has 32 heavy (non-hydrogen) atoms. The van der Waals surface area contributed by atoms with E-state index in [1.54, 1.807) is 4.90 Å². The first kappa shape index (κ1) is 21.5. The number of hydrogen-bond donors (Lipinski definition) is 0. The monoisotopic (exact) mass is 474 g/mol. The molecule has 3 aliphatic heterocycles. The van der Waals surface area contributed by atoms with Gasteiger partial charge in [-0.1, -0.05) is 29.0 Å². The summed E-state index contributed by atoms with van der Waals surface area (Å²) < 4.78 is 0. The van der Waals surface area contributed by atoms with Crippen molar-refractivity contribution in [3.05, 3.63) is 29.3 Å². The molecular formula is C22H27ClN6O2S. The van der Waals surface area contributed by atoms with Gasteiger partial charge in [0, 0.05) is 68.9 Å². The Morgan fingerprint density at radius 3 is 2.41 bits per heavy atom. The van der Waals surface area contributed by atoms with E-state index in [4.69, 9.17) is 11.6 Å². The Kier molecular flexibility index (Phi) is 6.19. The van der Waals surface area contributed by atoms with Crippen molar-refractivity contribution in [2.75, 3.05) is 60.5 Å². The normalized spacial score (nSPS) is 20.3. The van der Waals surface area contributed by atoms with E-state index in [0.717, 1.165) is 80.9 Å². The molecule has 0 atom stereocenters. The Balaban J connectivity index is 1.12. The molecule has 2 amide bonds. The summed E-state index contributed by atoms with van der Waals surface area (Å²) in [6, 6.07) is 7.89. The van der Waals surface area contributed by atoms with E-state index < -0.39 is 0 Å². The smallest absolute Gasteiger partial charge is 0.228 e. The molecule has 0 radical (unpaired) electrons. The zero-order valence-electron chi connectivity index (χ0n) is 18.0. The topological polar surface area (TPSA) is 72.9 Å². The van der Waals surface area contributed by atoms with E-state index in [1.807, 2.05) is 23.1 Å². The largest absolute Gasteiger partial charge is 0.368 e. The van der Waals surface area contributed by atoms with Crippen LogP contribution in [0.4, 0.5) is 16.0 Å². The van der Waals surface area contributed by atoms with Gasteiger partial charge in [-0.2, -0.15) is 0 Å². The molecule has 3 saturated heterocycles. The number of anilines is 3. The van der Waals surface area contributed by atoms with Crippen LogP contribution in [-0.4, -0.2) is 72.7 Å². The number of nitrogens with zero attached hydrogens (tertiary/aromatic N) is 6. The van der Waals surface area contributed by atoms with Crippen LogP contribution < -0.4 is 14.7 Å². The average Bonchev–Trinajstić information content (AvgIpc) is 3.48. The van der Waals surface area contributed by atoms with E-state index in [0.29, 0.717) is 11.6 Å². The highest BCUT2D eigenvalue weighted by molar-refractivity contribution is 7.19. The lowest BCUT2D eigenvalue weighted by Gasteiger charge is -2.39. The van der Waals surface area contributed by atoms with Crippen molar-refractivity contribution in [2.24, 2.45) is 5.92 Å². The molecule has 0 bridgehead atoms. The highest BCUT2D eigenvalue weighted by Crippen LogP contribution is 2.32. The maximum atomic E-state index is 13.1. The second-order valence-electron chi connectivity index (χ2n) is 8.57. The van der Waals surface area contributed by atoms with E-state index >= 15 is 0 Å². The highest BCUT2D eigenvalue weighted by atomic mass is 35.5. The van der Waals surface area contributed by atoms with Crippen LogP contribution in [0.5, 0.6) is 0 Å². The molecule has 170 valence electrons. The van der Waals surface area contributed by atoms with Gasteiger partial charge in [-0.3, -0.25) is 14.5 Å². The number of rotatable bonds is 4. The van der Waals surface area contributed by atoms with Crippen LogP contribution in [-0.2, 0) is 9.59 Å². The molecule has 0 aliphatic carbocycles. The summed E-state index contributed by atoms with van der Waals surface area (Å²) in [5, 5.41) is 10.8. The van der Waals surface area contributed by atoms with Gasteiger partial charge in [0.25, 0.3) is 0 Å². The first-order valence-corrected chi connectivity index (χ1v) is 12.5. The number of carbonyl (C=O) groups is 2. The number of hydrogen-bond acceptors (Lipinski definition) is 7. The number of benzene rings is 1. The van der Waals surface area contributed by atoms with Gasteiger partial charge >= 0.3 is 0 Å². The van der Waals surface area contributed by atoms with Crippen molar-refractivity contribution >= 4 is 50.7 Å². The zero-order chi connectivity index (χ0) is 22.1. The third-order valence-corrected chi connectivity index (χ3v) is 7.83. The minimum Gasteiger partial charge on any atom is -0.368 e. The number of carbonyl (C=O) groups excluding carboxylic acids is 2. The molecule has 1 aromatic carbocycles. The summed E-state index contributed by atoms with van der Waals surface area (Å²) in [6.45, 7) is 5.46. The molecule has 0 spiro atoms. The van der Waals surface area contributed by atoms with E-state index in [2.05, 4.69) is 26.1 Å². The molecule has 10 heteroatoms. The molecule has 5 rings (SSSR count). The Morgan fingerprint density at radius 2 is 1.72 bits per heavy atom. The molecule has 3 aliphatic rings. The Morgan fingerprint density at radius 1 is 0.969 bits per heavy atom. The highest BCUT2D eigenvalue weighted by Gasteiger charge is 2.32. The minimum atomic E-state index is 0.0662. The lowest BCUT2D eigenvalue weighted by Crippen LogP contribution is -2.51.